The van der Waals surface area contributed by atoms with Crippen molar-refractivity contribution in [2.45, 2.75) is 25.8 Å². The summed E-state index contributed by atoms with van der Waals surface area (Å²) in [6, 6.07) is 0.454. The Bertz CT molecular complexity index is 408. The average molecular weight is 250 g/mol. The Morgan fingerprint density at radius 3 is 2.61 bits per heavy atom. The summed E-state index contributed by atoms with van der Waals surface area (Å²) in [5.74, 6) is 1.93. The molecular weight excluding hydrogens is 228 g/mol. The Labute approximate surface area is 108 Å². The van der Waals surface area contributed by atoms with Crippen molar-refractivity contribution < 1.29 is 0 Å². The van der Waals surface area contributed by atoms with E-state index in [1.807, 2.05) is 6.92 Å². The molecule has 1 unspecified atom stereocenters. The van der Waals surface area contributed by atoms with Crippen molar-refractivity contribution in [1.82, 2.24) is 24.8 Å². The number of aryl methyl sites for hydroxylation is 1. The lowest BCUT2D eigenvalue weighted by Gasteiger charge is -2.37. The molecule has 100 valence electrons. The minimum absolute atomic E-state index is 0.337. The Morgan fingerprint density at radius 2 is 1.89 bits per heavy atom. The van der Waals surface area contributed by atoms with E-state index in [1.165, 1.54) is 0 Å². The second-order valence-electron chi connectivity index (χ2n) is 4.98. The summed E-state index contributed by atoms with van der Waals surface area (Å²) in [5.41, 5.74) is 5.72. The van der Waals surface area contributed by atoms with E-state index in [4.69, 9.17) is 5.73 Å². The second kappa shape index (κ2) is 5.58. The fourth-order valence-electron chi connectivity index (χ4n) is 2.27. The first-order chi connectivity index (χ1) is 8.58. The number of hydrogen-bond donors (Lipinski definition) is 1. The summed E-state index contributed by atoms with van der Waals surface area (Å²) in [6.07, 6.45) is 1.63. The maximum absolute atomic E-state index is 5.72. The van der Waals surface area contributed by atoms with Gasteiger partial charge in [0.05, 0.1) is 0 Å². The molecule has 1 aromatic heterocycles. The van der Waals surface area contributed by atoms with Crippen molar-refractivity contribution >= 4 is 5.95 Å². The van der Waals surface area contributed by atoms with Crippen LogP contribution in [0, 0.1) is 0 Å². The number of piperazine rings is 1. The second-order valence-corrected chi connectivity index (χ2v) is 4.98. The van der Waals surface area contributed by atoms with E-state index in [2.05, 4.69) is 38.8 Å². The number of anilines is 1. The first kappa shape index (κ1) is 13.2. The highest BCUT2D eigenvalue weighted by molar-refractivity contribution is 5.16. The van der Waals surface area contributed by atoms with Gasteiger partial charge in [-0.1, -0.05) is 6.92 Å². The Hall–Kier alpha value is -1.27. The predicted octanol–water partition coefficient (Wildman–Crippen LogP) is -0.195. The van der Waals surface area contributed by atoms with Gasteiger partial charge in [0.1, 0.15) is 11.6 Å². The third kappa shape index (κ3) is 3.14. The first-order valence-corrected chi connectivity index (χ1v) is 6.46. The van der Waals surface area contributed by atoms with Gasteiger partial charge in [-0.2, -0.15) is 9.97 Å². The van der Waals surface area contributed by atoms with Crippen molar-refractivity contribution in [3.8, 4) is 0 Å². The highest BCUT2D eigenvalue weighted by Crippen LogP contribution is 2.11. The molecular formula is C12H22N6. The van der Waals surface area contributed by atoms with Gasteiger partial charge in [-0.05, 0) is 14.1 Å². The molecule has 1 atom stereocenters. The molecule has 1 aliphatic heterocycles. The number of hydrogen-bond acceptors (Lipinski definition) is 6. The van der Waals surface area contributed by atoms with E-state index in [9.17, 15) is 0 Å². The van der Waals surface area contributed by atoms with Gasteiger partial charge in [0.15, 0.2) is 0 Å². The zero-order valence-corrected chi connectivity index (χ0v) is 11.4. The molecule has 0 spiro atoms. The number of likely N-dealkylation sites (N-methyl/N-ethyl adjacent to an activating group) is 2. The van der Waals surface area contributed by atoms with Crippen molar-refractivity contribution in [2.24, 2.45) is 0 Å². The van der Waals surface area contributed by atoms with Crippen LogP contribution < -0.4 is 5.73 Å². The zero-order chi connectivity index (χ0) is 13.1. The van der Waals surface area contributed by atoms with Gasteiger partial charge in [-0.3, -0.25) is 0 Å². The summed E-state index contributed by atoms with van der Waals surface area (Å²) >= 11 is 0. The third-order valence-electron chi connectivity index (χ3n) is 3.46. The number of nitrogen functional groups attached to an aromatic ring is 1. The molecule has 0 aliphatic carbocycles. The van der Waals surface area contributed by atoms with Gasteiger partial charge in [0.25, 0.3) is 0 Å². The highest BCUT2D eigenvalue weighted by Gasteiger charge is 2.23. The van der Waals surface area contributed by atoms with Gasteiger partial charge in [0.2, 0.25) is 5.95 Å². The van der Waals surface area contributed by atoms with Crippen LogP contribution in [0.5, 0.6) is 0 Å². The first-order valence-electron chi connectivity index (χ1n) is 6.46. The smallest absolute Gasteiger partial charge is 0.223 e. The highest BCUT2D eigenvalue weighted by atomic mass is 15.3. The summed E-state index contributed by atoms with van der Waals surface area (Å²) in [7, 11) is 4.31. The predicted molar refractivity (Wildman–Crippen MR) is 71.2 cm³/mol. The lowest BCUT2D eigenvalue weighted by molar-refractivity contribution is 0.113. The molecule has 6 heteroatoms. The molecule has 2 heterocycles. The fourth-order valence-corrected chi connectivity index (χ4v) is 2.27. The van der Waals surface area contributed by atoms with Crippen molar-refractivity contribution in [3.05, 3.63) is 11.6 Å². The molecule has 18 heavy (non-hydrogen) atoms. The van der Waals surface area contributed by atoms with Crippen molar-refractivity contribution in [1.29, 1.82) is 0 Å². The minimum atomic E-state index is 0.337. The van der Waals surface area contributed by atoms with Crippen LogP contribution in [0.4, 0.5) is 5.95 Å². The fraction of sp³-hybridized carbons (Fsp3) is 0.750. The third-order valence-corrected chi connectivity index (χ3v) is 3.46. The van der Waals surface area contributed by atoms with Crippen LogP contribution in [-0.2, 0) is 12.8 Å². The quantitative estimate of drug-likeness (QED) is 0.801. The van der Waals surface area contributed by atoms with E-state index >= 15 is 0 Å². The van der Waals surface area contributed by atoms with Crippen molar-refractivity contribution in [2.75, 3.05) is 39.5 Å². The van der Waals surface area contributed by atoms with E-state index in [1.54, 1.807) is 0 Å². The molecule has 1 aliphatic rings. The molecule has 0 aromatic carbocycles. The molecule has 0 radical (unpaired) electrons. The molecule has 1 aromatic rings. The lowest BCUT2D eigenvalue weighted by Crippen LogP contribution is -2.51. The van der Waals surface area contributed by atoms with Crippen LogP contribution >= 0.6 is 0 Å². The van der Waals surface area contributed by atoms with Crippen LogP contribution in [0.25, 0.3) is 0 Å². The molecule has 0 bridgehead atoms. The molecule has 2 rings (SSSR count). The Morgan fingerprint density at radius 1 is 1.17 bits per heavy atom. The molecule has 6 nitrogen and oxygen atoms in total. The van der Waals surface area contributed by atoms with Crippen LogP contribution in [0.1, 0.15) is 18.6 Å². The van der Waals surface area contributed by atoms with E-state index in [0.717, 1.165) is 44.1 Å². The molecule has 0 amide bonds. The monoisotopic (exact) mass is 250 g/mol. The van der Waals surface area contributed by atoms with Crippen LogP contribution in [0.2, 0.25) is 0 Å². The summed E-state index contributed by atoms with van der Waals surface area (Å²) < 4.78 is 0. The molecule has 1 saturated heterocycles. The summed E-state index contributed by atoms with van der Waals surface area (Å²) in [4.78, 5) is 17.5. The maximum atomic E-state index is 5.72. The van der Waals surface area contributed by atoms with Gasteiger partial charge >= 0.3 is 0 Å². The van der Waals surface area contributed by atoms with Crippen LogP contribution in [0.15, 0.2) is 0 Å². The van der Waals surface area contributed by atoms with Gasteiger partial charge in [0, 0.05) is 38.5 Å². The summed E-state index contributed by atoms with van der Waals surface area (Å²) in [6.45, 7) is 5.28. The largest absolute Gasteiger partial charge is 0.368 e. The average Bonchev–Trinajstić information content (AvgIpc) is 2.33. The van der Waals surface area contributed by atoms with E-state index < -0.39 is 0 Å². The number of nitrogens with zero attached hydrogens (tertiary/aromatic N) is 5. The molecule has 2 N–H and O–H groups in total. The van der Waals surface area contributed by atoms with Gasteiger partial charge in [-0.15, -0.1) is 0 Å². The number of rotatable bonds is 3. The van der Waals surface area contributed by atoms with E-state index in [0.29, 0.717) is 12.0 Å². The van der Waals surface area contributed by atoms with Crippen LogP contribution in [0.3, 0.4) is 0 Å². The van der Waals surface area contributed by atoms with Gasteiger partial charge in [-0.25, -0.2) is 4.98 Å². The molecule has 0 saturated carbocycles. The van der Waals surface area contributed by atoms with Crippen LogP contribution in [-0.4, -0.2) is 64.5 Å². The minimum Gasteiger partial charge on any atom is -0.368 e. The maximum Gasteiger partial charge on any atom is 0.223 e. The topological polar surface area (TPSA) is 71.2 Å². The SMILES string of the molecule is CCc1nc(N)nc(CC2CN(C)CCN2C)n1. The normalized spacial score (nSPS) is 22.3. The van der Waals surface area contributed by atoms with E-state index in [-0.39, 0.29) is 0 Å². The number of aromatic nitrogens is 3. The Kier molecular flexibility index (Phi) is 4.08. The standard InChI is InChI=1S/C12H22N6/c1-4-10-14-11(16-12(13)15-10)7-9-8-17(2)5-6-18(9)3/h9H,4-8H2,1-3H3,(H2,13,14,15,16). The van der Waals surface area contributed by atoms with Gasteiger partial charge < -0.3 is 15.5 Å². The number of nitrogens with two attached hydrogens (primary N) is 1. The Balaban J connectivity index is 2.10. The zero-order valence-electron chi connectivity index (χ0n) is 11.4. The summed E-state index contributed by atoms with van der Waals surface area (Å²) in [5, 5.41) is 0. The van der Waals surface area contributed by atoms with Crippen molar-refractivity contribution in [3.63, 3.8) is 0 Å². The lowest BCUT2D eigenvalue weighted by atomic mass is 10.1. The molecule has 1 fully saturated rings.